The molecule has 8 heteroatoms. The van der Waals surface area contributed by atoms with Crippen LogP contribution in [0.5, 0.6) is 11.5 Å². The summed E-state index contributed by atoms with van der Waals surface area (Å²) in [5.41, 5.74) is 2.21. The van der Waals surface area contributed by atoms with Gasteiger partial charge in [0.05, 0.1) is 29.9 Å². The van der Waals surface area contributed by atoms with Crippen LogP contribution in [0.15, 0.2) is 72.3 Å². The molecule has 1 N–H and O–H groups in total. The van der Waals surface area contributed by atoms with Crippen molar-refractivity contribution in [2.75, 3.05) is 11.5 Å². The Labute approximate surface area is 220 Å². The van der Waals surface area contributed by atoms with Crippen molar-refractivity contribution in [1.29, 1.82) is 5.26 Å². The predicted molar refractivity (Wildman–Crippen MR) is 141 cm³/mol. The zero-order chi connectivity index (χ0) is 27.4. The van der Waals surface area contributed by atoms with Crippen molar-refractivity contribution in [3.8, 4) is 17.6 Å². The van der Waals surface area contributed by atoms with Gasteiger partial charge >= 0.3 is 5.97 Å². The maximum atomic E-state index is 13.4. The number of esters is 1. The predicted octanol–water partition coefficient (Wildman–Crippen LogP) is 5.21. The number of carbonyl (C=O) groups excluding carboxylic acids is 3. The summed E-state index contributed by atoms with van der Waals surface area (Å²) < 4.78 is 10.9. The molecule has 0 aromatic heterocycles. The maximum Gasteiger partial charge on any atom is 0.308 e. The molecule has 1 atom stereocenters. The number of anilines is 1. The van der Waals surface area contributed by atoms with Gasteiger partial charge in [-0.3, -0.25) is 19.3 Å². The Hall–Kier alpha value is -4.90. The van der Waals surface area contributed by atoms with Crippen molar-refractivity contribution in [2.24, 2.45) is 0 Å². The Balaban J connectivity index is 1.89. The van der Waals surface area contributed by atoms with E-state index in [0.29, 0.717) is 34.7 Å². The van der Waals surface area contributed by atoms with E-state index in [2.05, 4.69) is 0 Å². The minimum Gasteiger partial charge on any atom is -0.507 e. The highest BCUT2D eigenvalue weighted by Crippen LogP contribution is 2.43. The van der Waals surface area contributed by atoms with Gasteiger partial charge in [0.25, 0.3) is 11.7 Å². The number of hydrogen-bond donors (Lipinski definition) is 1. The van der Waals surface area contributed by atoms with Crippen LogP contribution >= 0.6 is 0 Å². The van der Waals surface area contributed by atoms with E-state index in [0.717, 1.165) is 12.0 Å². The number of hydrogen-bond acceptors (Lipinski definition) is 7. The smallest absolute Gasteiger partial charge is 0.308 e. The molecule has 8 nitrogen and oxygen atoms in total. The van der Waals surface area contributed by atoms with Gasteiger partial charge in [0, 0.05) is 18.2 Å². The number of nitriles is 1. The van der Waals surface area contributed by atoms with Crippen molar-refractivity contribution in [1.82, 2.24) is 0 Å². The summed E-state index contributed by atoms with van der Waals surface area (Å²) in [4.78, 5) is 39.6. The molecule has 1 aliphatic rings. The first-order valence-electron chi connectivity index (χ1n) is 12.1. The fourth-order valence-corrected chi connectivity index (χ4v) is 4.35. The molecule has 0 bridgehead atoms. The lowest BCUT2D eigenvalue weighted by molar-refractivity contribution is -0.132. The number of benzene rings is 3. The van der Waals surface area contributed by atoms with Crippen LogP contribution in [0.3, 0.4) is 0 Å². The van der Waals surface area contributed by atoms with E-state index in [-0.39, 0.29) is 17.1 Å². The Morgan fingerprint density at radius 1 is 1.08 bits per heavy atom. The van der Waals surface area contributed by atoms with E-state index < -0.39 is 23.7 Å². The minimum atomic E-state index is -1.02. The molecule has 3 aromatic rings. The second-order valence-corrected chi connectivity index (χ2v) is 8.82. The fraction of sp³-hybridized carbons (Fsp3) is 0.200. The van der Waals surface area contributed by atoms with Gasteiger partial charge in [0.1, 0.15) is 17.3 Å². The molecule has 0 spiro atoms. The first-order chi connectivity index (χ1) is 18.2. The Morgan fingerprint density at radius 2 is 1.82 bits per heavy atom. The highest BCUT2D eigenvalue weighted by molar-refractivity contribution is 6.51. The molecule has 3 aromatic carbocycles. The fourth-order valence-electron chi connectivity index (χ4n) is 4.35. The van der Waals surface area contributed by atoms with Crippen LogP contribution in [0.2, 0.25) is 0 Å². The average Bonchev–Trinajstić information content (AvgIpc) is 3.17. The molecular weight excluding hydrogens is 484 g/mol. The lowest BCUT2D eigenvalue weighted by atomic mass is 9.94. The summed E-state index contributed by atoms with van der Waals surface area (Å²) >= 11 is 0. The third kappa shape index (κ3) is 5.13. The monoisotopic (exact) mass is 510 g/mol. The van der Waals surface area contributed by atoms with Gasteiger partial charge in [-0.05, 0) is 79.1 Å². The number of nitrogens with zero attached hydrogens (tertiary/aromatic N) is 2. The van der Waals surface area contributed by atoms with Gasteiger partial charge < -0.3 is 14.6 Å². The average molecular weight is 511 g/mol. The molecule has 0 radical (unpaired) electrons. The molecule has 38 heavy (non-hydrogen) atoms. The van der Waals surface area contributed by atoms with Gasteiger partial charge in [-0.15, -0.1) is 0 Å². The van der Waals surface area contributed by atoms with Crippen molar-refractivity contribution < 1.29 is 29.0 Å². The van der Waals surface area contributed by atoms with Crippen molar-refractivity contribution >= 4 is 29.1 Å². The lowest BCUT2D eigenvalue weighted by Crippen LogP contribution is -2.29. The third-order valence-corrected chi connectivity index (χ3v) is 6.06. The second-order valence-electron chi connectivity index (χ2n) is 8.82. The second kappa shape index (κ2) is 11.0. The van der Waals surface area contributed by atoms with E-state index >= 15 is 0 Å². The van der Waals surface area contributed by atoms with E-state index in [1.165, 1.54) is 11.8 Å². The third-order valence-electron chi connectivity index (χ3n) is 6.06. The van der Waals surface area contributed by atoms with Crippen molar-refractivity contribution in [3.05, 3.63) is 94.6 Å². The quantitative estimate of drug-likeness (QED) is 0.152. The number of aliphatic hydroxyl groups is 1. The van der Waals surface area contributed by atoms with E-state index in [1.807, 2.05) is 19.9 Å². The molecule has 192 valence electrons. The number of rotatable bonds is 7. The van der Waals surface area contributed by atoms with Crippen molar-refractivity contribution in [3.63, 3.8) is 0 Å². The number of amides is 1. The summed E-state index contributed by atoms with van der Waals surface area (Å²) in [5, 5.41) is 20.6. The van der Waals surface area contributed by atoms with Crippen LogP contribution in [-0.2, 0) is 14.4 Å². The SMILES string of the molecule is CCCOc1ccc(/C(O)=C2\C(=O)C(=O)N(c3ccc(C#N)cc3)C2c2cccc(OC(C)=O)c2)cc1C. The maximum absolute atomic E-state index is 13.4. The molecule has 1 heterocycles. The summed E-state index contributed by atoms with van der Waals surface area (Å²) in [7, 11) is 0. The number of aryl methyl sites for hydroxylation is 1. The first kappa shape index (κ1) is 26.2. The van der Waals surface area contributed by atoms with Gasteiger partial charge in [-0.25, -0.2) is 0 Å². The molecule has 1 amide bonds. The molecule has 0 aliphatic carbocycles. The van der Waals surface area contributed by atoms with Crippen LogP contribution in [0.25, 0.3) is 5.76 Å². The number of ketones is 1. The summed E-state index contributed by atoms with van der Waals surface area (Å²) in [6, 6.07) is 18.7. The molecule has 1 unspecified atom stereocenters. The zero-order valence-corrected chi connectivity index (χ0v) is 21.2. The van der Waals surface area contributed by atoms with Crippen LogP contribution < -0.4 is 14.4 Å². The normalized spacial score (nSPS) is 16.3. The van der Waals surface area contributed by atoms with Gasteiger partial charge in [0.2, 0.25) is 0 Å². The molecular formula is C30H26N2O6. The molecule has 4 rings (SSSR count). The number of carbonyl (C=O) groups is 3. The number of ether oxygens (including phenoxy) is 2. The lowest BCUT2D eigenvalue weighted by Gasteiger charge is -2.25. The van der Waals surface area contributed by atoms with E-state index in [1.54, 1.807) is 66.7 Å². The molecule has 1 saturated heterocycles. The molecule has 1 aliphatic heterocycles. The zero-order valence-electron chi connectivity index (χ0n) is 21.2. The topological polar surface area (TPSA) is 117 Å². The van der Waals surface area contributed by atoms with Gasteiger partial charge in [-0.2, -0.15) is 5.26 Å². The van der Waals surface area contributed by atoms with Crippen molar-refractivity contribution in [2.45, 2.75) is 33.2 Å². The van der Waals surface area contributed by atoms with Crippen LogP contribution in [0.1, 0.15) is 48.6 Å². The minimum absolute atomic E-state index is 0.110. The van der Waals surface area contributed by atoms with E-state index in [9.17, 15) is 24.8 Å². The Morgan fingerprint density at radius 3 is 2.45 bits per heavy atom. The van der Waals surface area contributed by atoms with Gasteiger partial charge in [-0.1, -0.05) is 19.1 Å². The molecule has 1 fully saturated rings. The van der Waals surface area contributed by atoms with Gasteiger partial charge in [0.15, 0.2) is 0 Å². The largest absolute Gasteiger partial charge is 0.507 e. The highest BCUT2D eigenvalue weighted by Gasteiger charge is 2.47. The summed E-state index contributed by atoms with van der Waals surface area (Å²) in [5.74, 6) is -1.67. The standard InChI is InChI=1S/C30H26N2O6/c1-4-14-37-25-13-10-22(15-18(25)2)28(34)26-27(21-6-5-7-24(16-21)38-19(3)33)32(30(36)29(26)35)23-11-8-20(17-31)9-12-23/h5-13,15-16,27,34H,4,14H2,1-3H3/b28-26+. The Kier molecular flexibility index (Phi) is 7.58. The highest BCUT2D eigenvalue weighted by atomic mass is 16.5. The van der Waals surface area contributed by atoms with Crippen LogP contribution in [0, 0.1) is 18.3 Å². The van der Waals surface area contributed by atoms with E-state index in [4.69, 9.17) is 9.47 Å². The van der Waals surface area contributed by atoms with Crippen LogP contribution in [-0.4, -0.2) is 29.4 Å². The number of aliphatic hydroxyl groups excluding tert-OH is 1. The Bertz CT molecular complexity index is 1480. The summed E-state index contributed by atoms with van der Waals surface area (Å²) in [6.45, 7) is 5.64. The molecule has 0 saturated carbocycles. The summed E-state index contributed by atoms with van der Waals surface area (Å²) in [6.07, 6.45) is 0.840. The first-order valence-corrected chi connectivity index (χ1v) is 12.1. The van der Waals surface area contributed by atoms with Crippen LogP contribution in [0.4, 0.5) is 5.69 Å². The number of Topliss-reactive ketones (excluding diaryl/α,β-unsaturated/α-hetero) is 1.